The Bertz CT molecular complexity index is 947. The van der Waals surface area contributed by atoms with Crippen LogP contribution in [0.4, 0.5) is 10.1 Å². The van der Waals surface area contributed by atoms with Gasteiger partial charge < -0.3 is 19.2 Å². The molecule has 0 saturated carbocycles. The minimum absolute atomic E-state index is 0.199. The minimum atomic E-state index is -0.522. The molecule has 2 atom stereocenters. The molecule has 0 aliphatic rings. The van der Waals surface area contributed by atoms with Gasteiger partial charge in [-0.25, -0.2) is 4.39 Å². The number of anilines is 1. The Labute approximate surface area is 171 Å². The number of rotatable bonds is 8. The maximum Gasteiger partial charge on any atom is 0.277 e. The SMILES string of the molecule is COc1ccc(NC(=O)[C@@H](C)Sc2nnc([C@@H](C)Oc3ccc(F)cc3)o2)cc1. The molecule has 3 rings (SSSR count). The highest BCUT2D eigenvalue weighted by molar-refractivity contribution is 8.00. The molecule has 3 aromatic rings. The Balaban J connectivity index is 1.55. The fourth-order valence-electron chi connectivity index (χ4n) is 2.32. The van der Waals surface area contributed by atoms with E-state index in [9.17, 15) is 9.18 Å². The molecule has 2 aromatic carbocycles. The summed E-state index contributed by atoms with van der Waals surface area (Å²) in [5.41, 5.74) is 0.663. The first-order chi connectivity index (χ1) is 13.9. The summed E-state index contributed by atoms with van der Waals surface area (Å²) in [6, 6.07) is 12.7. The van der Waals surface area contributed by atoms with Crippen molar-refractivity contribution < 1.29 is 23.1 Å². The van der Waals surface area contributed by atoms with Crippen molar-refractivity contribution in [2.45, 2.75) is 30.4 Å². The van der Waals surface area contributed by atoms with E-state index in [1.165, 1.54) is 24.3 Å². The summed E-state index contributed by atoms with van der Waals surface area (Å²) < 4.78 is 29.3. The lowest BCUT2D eigenvalue weighted by molar-refractivity contribution is -0.115. The van der Waals surface area contributed by atoms with Crippen molar-refractivity contribution in [1.29, 1.82) is 0 Å². The molecule has 0 aliphatic heterocycles. The van der Waals surface area contributed by atoms with Gasteiger partial charge in [-0.1, -0.05) is 11.8 Å². The van der Waals surface area contributed by atoms with E-state index < -0.39 is 11.4 Å². The molecule has 0 fully saturated rings. The molecular weight excluding hydrogens is 397 g/mol. The second-order valence-corrected chi connectivity index (χ2v) is 7.39. The van der Waals surface area contributed by atoms with Gasteiger partial charge in [-0.2, -0.15) is 0 Å². The molecule has 0 aliphatic carbocycles. The van der Waals surface area contributed by atoms with Crippen LogP contribution in [0, 0.1) is 5.82 Å². The number of nitrogens with one attached hydrogen (secondary N) is 1. The number of nitrogens with zero attached hydrogens (tertiary/aromatic N) is 2. The zero-order valence-electron chi connectivity index (χ0n) is 16.1. The monoisotopic (exact) mass is 417 g/mol. The Kier molecular flexibility index (Phi) is 6.71. The average Bonchev–Trinajstić information content (AvgIpc) is 3.19. The number of hydrogen-bond acceptors (Lipinski definition) is 7. The number of thioether (sulfide) groups is 1. The quantitative estimate of drug-likeness (QED) is 0.541. The maximum absolute atomic E-state index is 13.0. The van der Waals surface area contributed by atoms with Crippen LogP contribution in [0.2, 0.25) is 0 Å². The number of carbonyl (C=O) groups excluding carboxylic acids is 1. The Hall–Kier alpha value is -3.07. The van der Waals surface area contributed by atoms with E-state index in [1.54, 1.807) is 45.2 Å². The number of halogens is 1. The minimum Gasteiger partial charge on any atom is -0.497 e. The lowest BCUT2D eigenvalue weighted by Gasteiger charge is -2.11. The van der Waals surface area contributed by atoms with Crippen LogP contribution >= 0.6 is 11.8 Å². The standard InChI is InChI=1S/C20H20FN3O4S/c1-12(27-17-8-4-14(21)5-9-17)19-23-24-20(28-19)29-13(2)18(25)22-15-6-10-16(26-3)11-7-15/h4-13H,1-3H3,(H,22,25)/t12-,13-/m1/s1. The van der Waals surface area contributed by atoms with E-state index in [2.05, 4.69) is 15.5 Å². The van der Waals surface area contributed by atoms with E-state index in [0.29, 0.717) is 17.2 Å². The van der Waals surface area contributed by atoms with Crippen LogP contribution in [-0.4, -0.2) is 28.5 Å². The number of benzene rings is 2. The van der Waals surface area contributed by atoms with Crippen molar-refractivity contribution in [1.82, 2.24) is 10.2 Å². The van der Waals surface area contributed by atoms with Gasteiger partial charge in [0, 0.05) is 5.69 Å². The molecule has 0 spiro atoms. The molecule has 29 heavy (non-hydrogen) atoms. The van der Waals surface area contributed by atoms with Crippen molar-refractivity contribution in [3.05, 3.63) is 60.2 Å². The first kappa shape index (κ1) is 20.7. The van der Waals surface area contributed by atoms with E-state index in [0.717, 1.165) is 11.8 Å². The highest BCUT2D eigenvalue weighted by atomic mass is 32.2. The summed E-state index contributed by atoms with van der Waals surface area (Å²) in [6.45, 7) is 3.48. The summed E-state index contributed by atoms with van der Waals surface area (Å²) in [5.74, 6) is 0.915. The maximum atomic E-state index is 13.0. The molecule has 0 unspecified atom stereocenters. The van der Waals surface area contributed by atoms with Crippen molar-refractivity contribution in [2.75, 3.05) is 12.4 Å². The van der Waals surface area contributed by atoms with Crippen LogP contribution in [0.3, 0.4) is 0 Å². The summed E-state index contributed by atoms with van der Waals surface area (Å²) in [6.07, 6.45) is -0.522. The van der Waals surface area contributed by atoms with Crippen molar-refractivity contribution >= 4 is 23.4 Å². The van der Waals surface area contributed by atoms with Crippen LogP contribution in [-0.2, 0) is 4.79 Å². The van der Waals surface area contributed by atoms with Crippen molar-refractivity contribution in [3.63, 3.8) is 0 Å². The van der Waals surface area contributed by atoms with Crippen LogP contribution in [0.15, 0.2) is 58.2 Å². The van der Waals surface area contributed by atoms with Gasteiger partial charge in [-0.15, -0.1) is 10.2 Å². The first-order valence-corrected chi connectivity index (χ1v) is 9.70. The van der Waals surface area contributed by atoms with Gasteiger partial charge in [0.2, 0.25) is 5.91 Å². The number of methoxy groups -OCH3 is 1. The lowest BCUT2D eigenvalue weighted by Crippen LogP contribution is -2.22. The topological polar surface area (TPSA) is 86.5 Å². The number of aromatic nitrogens is 2. The van der Waals surface area contributed by atoms with E-state index in [4.69, 9.17) is 13.9 Å². The molecule has 9 heteroatoms. The van der Waals surface area contributed by atoms with E-state index in [-0.39, 0.29) is 22.8 Å². The molecule has 1 N–H and O–H groups in total. The van der Waals surface area contributed by atoms with E-state index in [1.807, 2.05) is 0 Å². The smallest absolute Gasteiger partial charge is 0.277 e. The number of amides is 1. The molecular formula is C20H20FN3O4S. The molecule has 1 amide bonds. The van der Waals surface area contributed by atoms with Gasteiger partial charge in [-0.3, -0.25) is 4.79 Å². The molecule has 0 bridgehead atoms. The summed E-state index contributed by atoms with van der Waals surface area (Å²) in [5, 5.41) is 10.5. The largest absolute Gasteiger partial charge is 0.497 e. The summed E-state index contributed by atoms with van der Waals surface area (Å²) >= 11 is 1.14. The third-order valence-electron chi connectivity index (χ3n) is 3.90. The van der Waals surface area contributed by atoms with Gasteiger partial charge in [0.15, 0.2) is 6.10 Å². The van der Waals surface area contributed by atoms with Crippen molar-refractivity contribution in [3.8, 4) is 11.5 Å². The van der Waals surface area contributed by atoms with Gasteiger partial charge in [-0.05, 0) is 62.4 Å². The normalized spacial score (nSPS) is 12.8. The Morgan fingerprint density at radius 2 is 1.72 bits per heavy atom. The zero-order chi connectivity index (χ0) is 20.8. The molecule has 0 radical (unpaired) electrons. The fourth-order valence-corrected chi connectivity index (χ4v) is 3.01. The number of ether oxygens (including phenoxy) is 2. The van der Waals surface area contributed by atoms with Gasteiger partial charge in [0.05, 0.1) is 12.4 Å². The predicted octanol–water partition coefficient (Wildman–Crippen LogP) is 4.48. The Morgan fingerprint density at radius 3 is 2.38 bits per heavy atom. The lowest BCUT2D eigenvalue weighted by atomic mass is 10.3. The first-order valence-electron chi connectivity index (χ1n) is 8.82. The fraction of sp³-hybridized carbons (Fsp3) is 0.250. The van der Waals surface area contributed by atoms with E-state index >= 15 is 0 Å². The van der Waals surface area contributed by atoms with Gasteiger partial charge in [0.1, 0.15) is 17.3 Å². The molecule has 1 aromatic heterocycles. The highest BCUT2D eigenvalue weighted by Crippen LogP contribution is 2.27. The summed E-state index contributed by atoms with van der Waals surface area (Å²) in [7, 11) is 1.58. The molecule has 1 heterocycles. The average molecular weight is 417 g/mol. The number of hydrogen-bond donors (Lipinski definition) is 1. The molecule has 0 saturated heterocycles. The molecule has 7 nitrogen and oxygen atoms in total. The molecule has 152 valence electrons. The van der Waals surface area contributed by atoms with Gasteiger partial charge >= 0.3 is 0 Å². The Morgan fingerprint density at radius 1 is 1.07 bits per heavy atom. The number of carbonyl (C=O) groups is 1. The third kappa shape index (κ3) is 5.71. The second-order valence-electron chi connectivity index (χ2n) is 6.10. The highest BCUT2D eigenvalue weighted by Gasteiger charge is 2.21. The van der Waals surface area contributed by atoms with Crippen LogP contribution < -0.4 is 14.8 Å². The predicted molar refractivity (Wildman–Crippen MR) is 107 cm³/mol. The van der Waals surface area contributed by atoms with Crippen LogP contribution in [0.25, 0.3) is 0 Å². The van der Waals surface area contributed by atoms with Gasteiger partial charge in [0.25, 0.3) is 11.1 Å². The zero-order valence-corrected chi connectivity index (χ0v) is 16.9. The van der Waals surface area contributed by atoms with Crippen LogP contribution in [0.5, 0.6) is 11.5 Å². The third-order valence-corrected chi connectivity index (χ3v) is 4.83. The van der Waals surface area contributed by atoms with Crippen LogP contribution in [0.1, 0.15) is 25.8 Å². The summed E-state index contributed by atoms with van der Waals surface area (Å²) in [4.78, 5) is 12.4. The second kappa shape index (κ2) is 9.42. The van der Waals surface area contributed by atoms with Crippen molar-refractivity contribution in [2.24, 2.45) is 0 Å².